The molecule has 66 valence electrons. The van der Waals surface area contributed by atoms with Gasteiger partial charge >= 0.3 is 0 Å². The van der Waals surface area contributed by atoms with Gasteiger partial charge in [0.15, 0.2) is 5.84 Å². The second kappa shape index (κ2) is 3.83. The minimum atomic E-state index is -0.0235. The molecule has 0 heterocycles. The molecule has 0 unspecified atom stereocenters. The molecule has 1 aromatic rings. The van der Waals surface area contributed by atoms with Gasteiger partial charge in [0.05, 0.1) is 0 Å². The summed E-state index contributed by atoms with van der Waals surface area (Å²) in [4.78, 5) is 0. The van der Waals surface area contributed by atoms with Gasteiger partial charge in [0, 0.05) is 16.1 Å². The van der Waals surface area contributed by atoms with Crippen molar-refractivity contribution >= 4 is 17.4 Å². The second-order valence-corrected chi connectivity index (χ2v) is 2.76. The van der Waals surface area contributed by atoms with Crippen molar-refractivity contribution in [2.45, 2.75) is 0 Å². The highest BCUT2D eigenvalue weighted by atomic mass is 35.5. The van der Waals surface area contributed by atoms with Gasteiger partial charge in [-0.1, -0.05) is 22.7 Å². The lowest BCUT2D eigenvalue weighted by molar-refractivity contribution is 0.318. The van der Waals surface area contributed by atoms with Gasteiger partial charge in [-0.2, -0.15) is 0 Å². The molecule has 0 saturated heterocycles. The molecule has 0 fully saturated rings. The Balaban J connectivity index is 3.32. The lowest BCUT2D eigenvalue weighted by Gasteiger charge is -2.02. The Labute approximate surface area is 80.8 Å². The van der Waals surface area contributed by atoms with Crippen molar-refractivity contribution in [2.75, 3.05) is 0 Å². The van der Waals surface area contributed by atoms with Crippen molar-refractivity contribution in [3.05, 3.63) is 34.3 Å². The molecule has 0 atom stereocenters. The van der Waals surface area contributed by atoms with Gasteiger partial charge in [-0.05, 0) is 18.2 Å². The average molecular weight is 195 g/mol. The van der Waals surface area contributed by atoms with Crippen LogP contribution >= 0.6 is 11.6 Å². The minimum absolute atomic E-state index is 0.0235. The number of oxime groups is 1. The number of amidine groups is 1. The van der Waals surface area contributed by atoms with Crippen molar-refractivity contribution in [1.82, 2.24) is 0 Å². The number of benzene rings is 1. The molecule has 1 rings (SSSR count). The number of hydrogen-bond acceptors (Lipinski definition) is 2. The van der Waals surface area contributed by atoms with E-state index in [-0.39, 0.29) is 5.84 Å². The molecule has 0 aromatic heterocycles. The normalized spacial score (nSPS) is 10.9. The summed E-state index contributed by atoms with van der Waals surface area (Å²) >= 11 is 5.70. The summed E-state index contributed by atoms with van der Waals surface area (Å²) in [5.74, 6) is 2.37. The van der Waals surface area contributed by atoms with Gasteiger partial charge in [-0.15, -0.1) is 6.42 Å². The monoisotopic (exact) mass is 194 g/mol. The third-order valence-electron chi connectivity index (χ3n) is 1.52. The van der Waals surface area contributed by atoms with Gasteiger partial charge in [-0.3, -0.25) is 0 Å². The molecule has 0 spiro atoms. The van der Waals surface area contributed by atoms with Crippen molar-refractivity contribution in [2.24, 2.45) is 10.9 Å². The van der Waals surface area contributed by atoms with Gasteiger partial charge in [-0.25, -0.2) is 0 Å². The lowest BCUT2D eigenvalue weighted by atomic mass is 10.1. The summed E-state index contributed by atoms with van der Waals surface area (Å²) in [6.07, 6.45) is 5.21. The standard InChI is InChI=1S/C9H7ClN2O/c1-2-6-5-7(10)3-4-8(6)9(11)12-13/h1,3-5,13H,(H2,11,12). The van der Waals surface area contributed by atoms with E-state index in [0.29, 0.717) is 16.1 Å². The summed E-state index contributed by atoms with van der Waals surface area (Å²) in [7, 11) is 0. The van der Waals surface area contributed by atoms with Gasteiger partial charge < -0.3 is 10.9 Å². The molecule has 3 nitrogen and oxygen atoms in total. The zero-order valence-corrected chi connectivity index (χ0v) is 7.42. The quantitative estimate of drug-likeness (QED) is 0.234. The van der Waals surface area contributed by atoms with E-state index < -0.39 is 0 Å². The predicted molar refractivity (Wildman–Crippen MR) is 51.9 cm³/mol. The number of halogens is 1. The number of hydrogen-bond donors (Lipinski definition) is 2. The van der Waals surface area contributed by atoms with Crippen molar-refractivity contribution in [1.29, 1.82) is 0 Å². The van der Waals surface area contributed by atoms with Crippen LogP contribution in [0.2, 0.25) is 5.02 Å². The SMILES string of the molecule is C#Cc1cc(Cl)ccc1C(N)=NO. The zero-order chi connectivity index (χ0) is 9.84. The van der Waals surface area contributed by atoms with E-state index in [1.165, 1.54) is 0 Å². The highest BCUT2D eigenvalue weighted by Crippen LogP contribution is 2.14. The van der Waals surface area contributed by atoms with Gasteiger partial charge in [0.25, 0.3) is 0 Å². The summed E-state index contributed by atoms with van der Waals surface area (Å²) in [6.45, 7) is 0. The Morgan fingerprint density at radius 2 is 2.31 bits per heavy atom. The third kappa shape index (κ3) is 1.92. The Hall–Kier alpha value is -1.66. The molecular formula is C9H7ClN2O. The van der Waals surface area contributed by atoms with Crippen LogP contribution in [0.25, 0.3) is 0 Å². The summed E-state index contributed by atoms with van der Waals surface area (Å²) < 4.78 is 0. The lowest BCUT2D eigenvalue weighted by Crippen LogP contribution is -2.14. The number of nitrogens with zero attached hydrogens (tertiary/aromatic N) is 1. The minimum Gasteiger partial charge on any atom is -0.409 e. The summed E-state index contributed by atoms with van der Waals surface area (Å²) in [5.41, 5.74) is 6.38. The molecule has 0 amide bonds. The molecule has 13 heavy (non-hydrogen) atoms. The first kappa shape index (κ1) is 9.43. The first-order chi connectivity index (χ1) is 6.19. The molecule has 0 aliphatic rings. The van der Waals surface area contributed by atoms with Gasteiger partial charge in [0.1, 0.15) is 0 Å². The van der Waals surface area contributed by atoms with Crippen molar-refractivity contribution in [3.63, 3.8) is 0 Å². The predicted octanol–water partition coefficient (Wildman–Crippen LogP) is 1.42. The highest BCUT2D eigenvalue weighted by Gasteiger charge is 2.04. The number of rotatable bonds is 1. The van der Waals surface area contributed by atoms with E-state index in [1.807, 2.05) is 0 Å². The van der Waals surface area contributed by atoms with Crippen molar-refractivity contribution < 1.29 is 5.21 Å². The van der Waals surface area contributed by atoms with E-state index in [1.54, 1.807) is 18.2 Å². The molecule has 0 radical (unpaired) electrons. The van der Waals surface area contributed by atoms with Crippen LogP contribution in [-0.2, 0) is 0 Å². The number of terminal acetylenes is 1. The summed E-state index contributed by atoms with van der Waals surface area (Å²) in [6, 6.07) is 4.80. The number of nitrogens with two attached hydrogens (primary N) is 1. The first-order valence-corrected chi connectivity index (χ1v) is 3.81. The maximum Gasteiger partial charge on any atom is 0.171 e. The smallest absolute Gasteiger partial charge is 0.171 e. The Kier molecular flexibility index (Phi) is 2.78. The van der Waals surface area contributed by atoms with Gasteiger partial charge in [0.2, 0.25) is 0 Å². The largest absolute Gasteiger partial charge is 0.409 e. The van der Waals surface area contributed by atoms with E-state index in [2.05, 4.69) is 11.1 Å². The third-order valence-corrected chi connectivity index (χ3v) is 1.76. The molecule has 1 aromatic carbocycles. The Morgan fingerprint density at radius 3 is 2.85 bits per heavy atom. The maximum absolute atomic E-state index is 8.44. The molecular weight excluding hydrogens is 188 g/mol. The Bertz CT molecular complexity index is 393. The van der Waals surface area contributed by atoms with E-state index in [0.717, 1.165) is 0 Å². The highest BCUT2D eigenvalue weighted by molar-refractivity contribution is 6.30. The van der Waals surface area contributed by atoms with Crippen LogP contribution in [0, 0.1) is 12.3 Å². The fourth-order valence-electron chi connectivity index (χ4n) is 0.913. The van der Waals surface area contributed by atoms with Crippen LogP contribution in [0.4, 0.5) is 0 Å². The second-order valence-electron chi connectivity index (χ2n) is 2.32. The van der Waals surface area contributed by atoms with Crippen LogP contribution in [0.1, 0.15) is 11.1 Å². The summed E-state index contributed by atoms with van der Waals surface area (Å²) in [5, 5.41) is 11.8. The van der Waals surface area contributed by atoms with E-state index in [9.17, 15) is 0 Å². The molecule has 0 saturated carbocycles. The van der Waals surface area contributed by atoms with E-state index >= 15 is 0 Å². The van der Waals surface area contributed by atoms with Crippen LogP contribution in [-0.4, -0.2) is 11.0 Å². The van der Waals surface area contributed by atoms with Crippen LogP contribution < -0.4 is 5.73 Å². The fourth-order valence-corrected chi connectivity index (χ4v) is 1.09. The molecule has 0 aliphatic carbocycles. The topological polar surface area (TPSA) is 58.6 Å². The maximum atomic E-state index is 8.44. The zero-order valence-electron chi connectivity index (χ0n) is 6.66. The molecule has 0 bridgehead atoms. The first-order valence-electron chi connectivity index (χ1n) is 3.43. The van der Waals surface area contributed by atoms with Crippen LogP contribution in [0.5, 0.6) is 0 Å². The molecule has 4 heteroatoms. The average Bonchev–Trinajstić information content (AvgIpc) is 2.16. The van der Waals surface area contributed by atoms with Crippen molar-refractivity contribution in [3.8, 4) is 12.3 Å². The Morgan fingerprint density at radius 1 is 1.62 bits per heavy atom. The van der Waals surface area contributed by atoms with E-state index in [4.69, 9.17) is 29.0 Å². The molecule has 0 aliphatic heterocycles. The van der Waals surface area contributed by atoms with Crippen LogP contribution in [0.15, 0.2) is 23.4 Å². The molecule has 3 N–H and O–H groups in total. The van der Waals surface area contributed by atoms with Crippen LogP contribution in [0.3, 0.4) is 0 Å². The fraction of sp³-hybridized carbons (Fsp3) is 0.